The number of ether oxygens (including phenoxy) is 1. The fourth-order valence-corrected chi connectivity index (χ4v) is 2.63. The van der Waals surface area contributed by atoms with Crippen LogP contribution in [-0.4, -0.2) is 56.1 Å². The van der Waals surface area contributed by atoms with Crippen molar-refractivity contribution < 1.29 is 14.3 Å². The van der Waals surface area contributed by atoms with E-state index in [2.05, 4.69) is 10.6 Å². The minimum atomic E-state index is -0.340. The summed E-state index contributed by atoms with van der Waals surface area (Å²) in [6.07, 6.45) is 0.851. The number of fused-ring (bicyclic) bond motifs is 1. The number of carbonyl (C=O) groups excluding carboxylic acids is 2. The Balaban J connectivity index is 0.00000176. The average Bonchev–Trinajstić information content (AvgIpc) is 2.52. The lowest BCUT2D eigenvalue weighted by atomic mass is 9.98. The molecule has 0 saturated carbocycles. The zero-order valence-electron chi connectivity index (χ0n) is 12.4. The van der Waals surface area contributed by atoms with Crippen LogP contribution in [0.1, 0.15) is 15.9 Å². The van der Waals surface area contributed by atoms with Crippen LogP contribution in [0.2, 0.25) is 0 Å². The number of morpholine rings is 1. The molecule has 2 aliphatic heterocycles. The van der Waals surface area contributed by atoms with Crippen molar-refractivity contribution in [3.63, 3.8) is 0 Å². The molecular formula is C15H20ClN3O3. The van der Waals surface area contributed by atoms with Gasteiger partial charge in [-0.05, 0) is 24.1 Å². The van der Waals surface area contributed by atoms with Gasteiger partial charge in [-0.15, -0.1) is 12.4 Å². The van der Waals surface area contributed by atoms with Gasteiger partial charge in [-0.25, -0.2) is 0 Å². The molecule has 1 aromatic rings. The first-order valence-corrected chi connectivity index (χ1v) is 7.15. The second-order valence-electron chi connectivity index (χ2n) is 5.42. The third kappa shape index (κ3) is 3.40. The number of halogens is 1. The second-order valence-corrected chi connectivity index (χ2v) is 5.42. The molecule has 2 amide bonds. The summed E-state index contributed by atoms with van der Waals surface area (Å²) in [6.45, 7) is 2.41. The van der Waals surface area contributed by atoms with Crippen molar-refractivity contribution >= 4 is 29.9 Å². The van der Waals surface area contributed by atoms with Gasteiger partial charge in [-0.2, -0.15) is 0 Å². The van der Waals surface area contributed by atoms with Gasteiger partial charge in [-0.1, -0.05) is 6.07 Å². The summed E-state index contributed by atoms with van der Waals surface area (Å²) in [6, 6.07) is 5.18. The molecule has 1 unspecified atom stereocenters. The number of rotatable bonds is 2. The topological polar surface area (TPSA) is 70.7 Å². The molecule has 22 heavy (non-hydrogen) atoms. The van der Waals surface area contributed by atoms with Crippen molar-refractivity contribution in [3.8, 4) is 0 Å². The van der Waals surface area contributed by atoms with Crippen LogP contribution in [0.5, 0.6) is 0 Å². The van der Waals surface area contributed by atoms with E-state index in [0.29, 0.717) is 31.0 Å². The molecule has 0 spiro atoms. The Morgan fingerprint density at radius 3 is 3.00 bits per heavy atom. The van der Waals surface area contributed by atoms with Crippen LogP contribution in [-0.2, 0) is 16.0 Å². The first-order chi connectivity index (χ1) is 10.1. The van der Waals surface area contributed by atoms with Gasteiger partial charge in [0, 0.05) is 31.4 Å². The molecule has 2 aliphatic rings. The zero-order chi connectivity index (χ0) is 14.8. The van der Waals surface area contributed by atoms with Crippen molar-refractivity contribution in [2.24, 2.45) is 0 Å². The van der Waals surface area contributed by atoms with Gasteiger partial charge in [0.2, 0.25) is 5.91 Å². The minimum absolute atomic E-state index is 0. The largest absolute Gasteiger partial charge is 0.378 e. The summed E-state index contributed by atoms with van der Waals surface area (Å²) in [4.78, 5) is 26.0. The third-order valence-corrected chi connectivity index (χ3v) is 3.91. The van der Waals surface area contributed by atoms with Crippen molar-refractivity contribution in [3.05, 3.63) is 29.3 Å². The predicted molar refractivity (Wildman–Crippen MR) is 85.6 cm³/mol. The number of hydrogen-bond acceptors (Lipinski definition) is 4. The van der Waals surface area contributed by atoms with Crippen LogP contribution in [0, 0.1) is 0 Å². The molecule has 0 bridgehead atoms. The van der Waals surface area contributed by atoms with E-state index in [1.165, 1.54) is 0 Å². The molecule has 120 valence electrons. The van der Waals surface area contributed by atoms with Crippen molar-refractivity contribution in [2.75, 3.05) is 38.7 Å². The van der Waals surface area contributed by atoms with Gasteiger partial charge in [0.25, 0.3) is 5.91 Å². The highest BCUT2D eigenvalue weighted by Gasteiger charge is 2.24. The summed E-state index contributed by atoms with van der Waals surface area (Å²) < 4.78 is 5.28. The van der Waals surface area contributed by atoms with Crippen molar-refractivity contribution in [1.82, 2.24) is 10.2 Å². The summed E-state index contributed by atoms with van der Waals surface area (Å²) in [5.41, 5.74) is 2.36. The fourth-order valence-electron chi connectivity index (χ4n) is 2.63. The number of likely N-dealkylation sites (N-methyl/N-ethyl adjacent to an activating group) is 1. The highest BCUT2D eigenvalue weighted by atomic mass is 35.5. The number of hydrogen-bond donors (Lipinski definition) is 2. The van der Waals surface area contributed by atoms with Crippen LogP contribution < -0.4 is 10.6 Å². The summed E-state index contributed by atoms with van der Waals surface area (Å²) in [5.74, 6) is -0.127. The quantitative estimate of drug-likeness (QED) is 0.838. The van der Waals surface area contributed by atoms with Gasteiger partial charge in [0.15, 0.2) is 0 Å². The smallest absolute Gasteiger partial charge is 0.253 e. The highest BCUT2D eigenvalue weighted by molar-refractivity contribution is 6.00. The molecular weight excluding hydrogens is 306 g/mol. The van der Waals surface area contributed by atoms with Gasteiger partial charge >= 0.3 is 0 Å². The second kappa shape index (κ2) is 7.09. The molecule has 1 fully saturated rings. The van der Waals surface area contributed by atoms with Gasteiger partial charge < -0.3 is 20.3 Å². The first-order valence-electron chi connectivity index (χ1n) is 7.15. The average molecular weight is 326 g/mol. The number of benzene rings is 1. The minimum Gasteiger partial charge on any atom is -0.378 e. The maximum Gasteiger partial charge on any atom is 0.253 e. The van der Waals surface area contributed by atoms with Crippen LogP contribution >= 0.6 is 12.4 Å². The zero-order valence-corrected chi connectivity index (χ0v) is 13.2. The lowest BCUT2D eigenvalue weighted by Gasteiger charge is -2.26. The Hall–Kier alpha value is -1.63. The molecule has 2 heterocycles. The molecule has 0 radical (unpaired) electrons. The van der Waals surface area contributed by atoms with E-state index in [0.717, 1.165) is 18.5 Å². The van der Waals surface area contributed by atoms with Gasteiger partial charge in [0.1, 0.15) is 6.04 Å². The van der Waals surface area contributed by atoms with E-state index < -0.39 is 0 Å². The monoisotopic (exact) mass is 325 g/mol. The van der Waals surface area contributed by atoms with E-state index in [9.17, 15) is 9.59 Å². The third-order valence-electron chi connectivity index (χ3n) is 3.91. The molecule has 1 saturated heterocycles. The van der Waals surface area contributed by atoms with E-state index in [1.807, 2.05) is 12.1 Å². The highest BCUT2D eigenvalue weighted by Crippen LogP contribution is 2.22. The van der Waals surface area contributed by atoms with Gasteiger partial charge in [-0.3, -0.25) is 9.59 Å². The molecule has 0 aliphatic carbocycles. The molecule has 1 atom stereocenters. The summed E-state index contributed by atoms with van der Waals surface area (Å²) >= 11 is 0. The number of anilines is 1. The number of amides is 2. The molecule has 7 heteroatoms. The predicted octanol–water partition coefficient (Wildman–Crippen LogP) is 0.663. The maximum atomic E-state index is 12.1. The number of nitrogens with one attached hydrogen (secondary N) is 2. The summed E-state index contributed by atoms with van der Waals surface area (Å²) in [5, 5.41) is 5.95. The standard InChI is InChI=1S/C15H19N3O3.ClH/c1-18-6-4-10-2-3-11(8-12(10)15(18)20)17-14(19)13-9-21-7-5-16-13;/h2-3,8,13,16H,4-7,9H2,1H3,(H,17,19);1H. The SMILES string of the molecule is CN1CCc2ccc(NC(=O)C3COCCN3)cc2C1=O.Cl. The molecule has 6 nitrogen and oxygen atoms in total. The number of carbonyl (C=O) groups is 2. The van der Waals surface area contributed by atoms with E-state index in [-0.39, 0.29) is 30.3 Å². The molecule has 1 aromatic carbocycles. The van der Waals surface area contributed by atoms with Crippen molar-refractivity contribution in [1.29, 1.82) is 0 Å². The Morgan fingerprint density at radius 2 is 2.27 bits per heavy atom. The van der Waals surface area contributed by atoms with E-state index in [4.69, 9.17) is 4.74 Å². The first kappa shape index (κ1) is 16.7. The lowest BCUT2D eigenvalue weighted by molar-refractivity contribution is -0.120. The molecule has 2 N–H and O–H groups in total. The normalized spacial score (nSPS) is 20.9. The fraction of sp³-hybridized carbons (Fsp3) is 0.467. The van der Waals surface area contributed by atoms with Crippen LogP contribution in [0.4, 0.5) is 5.69 Å². The van der Waals surface area contributed by atoms with Crippen molar-refractivity contribution in [2.45, 2.75) is 12.5 Å². The Kier molecular flexibility index (Phi) is 5.39. The van der Waals surface area contributed by atoms with E-state index in [1.54, 1.807) is 18.0 Å². The van der Waals surface area contributed by atoms with Crippen LogP contribution in [0.25, 0.3) is 0 Å². The van der Waals surface area contributed by atoms with Crippen LogP contribution in [0.15, 0.2) is 18.2 Å². The molecule has 3 rings (SSSR count). The van der Waals surface area contributed by atoms with Gasteiger partial charge in [0.05, 0.1) is 13.2 Å². The molecule has 0 aromatic heterocycles. The maximum absolute atomic E-state index is 12.1. The Morgan fingerprint density at radius 1 is 1.45 bits per heavy atom. The Labute approximate surface area is 135 Å². The Bertz CT molecular complexity index is 573. The van der Waals surface area contributed by atoms with Crippen LogP contribution in [0.3, 0.4) is 0 Å². The lowest BCUT2D eigenvalue weighted by Crippen LogP contribution is -2.48. The summed E-state index contributed by atoms with van der Waals surface area (Å²) in [7, 11) is 1.79. The number of nitrogens with zero attached hydrogens (tertiary/aromatic N) is 1. The van der Waals surface area contributed by atoms with E-state index >= 15 is 0 Å².